The molecule has 2 bridgehead atoms. The number of likely N-dealkylation sites (tertiary alicyclic amines) is 1. The summed E-state index contributed by atoms with van der Waals surface area (Å²) in [4.78, 5) is 27.3. The van der Waals surface area contributed by atoms with Gasteiger partial charge in [0.25, 0.3) is 0 Å². The molecule has 4 atom stereocenters. The zero-order valence-corrected chi connectivity index (χ0v) is 14.7. The van der Waals surface area contributed by atoms with E-state index in [0.29, 0.717) is 18.8 Å². The van der Waals surface area contributed by atoms with Crippen molar-refractivity contribution in [1.29, 1.82) is 0 Å². The Balaban J connectivity index is 1.73. The average Bonchev–Trinajstić information content (AvgIpc) is 2.97. The predicted octanol–water partition coefficient (Wildman–Crippen LogP) is 2.24. The number of hydrogen-bond acceptors (Lipinski definition) is 4. The highest BCUT2D eigenvalue weighted by atomic mass is 16.5. The van der Waals surface area contributed by atoms with Crippen LogP contribution in [0.3, 0.4) is 0 Å². The maximum atomic E-state index is 12.7. The Labute approximate surface area is 147 Å². The molecular formula is C20H23NO4. The maximum Gasteiger partial charge on any atom is 0.222 e. The second kappa shape index (κ2) is 4.99. The fourth-order valence-corrected chi connectivity index (χ4v) is 5.99. The summed E-state index contributed by atoms with van der Waals surface area (Å²) in [6.07, 6.45) is 3.20. The number of ether oxygens (including phenoxy) is 2. The van der Waals surface area contributed by atoms with E-state index in [9.17, 15) is 9.59 Å². The highest BCUT2D eigenvalue weighted by Crippen LogP contribution is 2.63. The number of rotatable bonds is 2. The van der Waals surface area contributed by atoms with E-state index < -0.39 is 6.10 Å². The minimum Gasteiger partial charge on any atom is -0.493 e. The van der Waals surface area contributed by atoms with Gasteiger partial charge < -0.3 is 14.4 Å². The van der Waals surface area contributed by atoms with Crippen molar-refractivity contribution in [1.82, 2.24) is 4.90 Å². The third-order valence-corrected chi connectivity index (χ3v) is 6.94. The average molecular weight is 341 g/mol. The second-order valence-corrected chi connectivity index (χ2v) is 7.74. The van der Waals surface area contributed by atoms with Gasteiger partial charge in [0.15, 0.2) is 23.4 Å². The molecule has 5 nitrogen and oxygen atoms in total. The number of amides is 1. The maximum absolute atomic E-state index is 12.7. The molecule has 1 spiro atoms. The molecule has 1 aromatic carbocycles. The van der Waals surface area contributed by atoms with Crippen LogP contribution in [-0.4, -0.2) is 42.4 Å². The first-order valence-corrected chi connectivity index (χ1v) is 9.31. The number of methoxy groups -OCH3 is 1. The molecule has 0 N–H and O–H groups in total. The predicted molar refractivity (Wildman–Crippen MR) is 90.9 cm³/mol. The van der Waals surface area contributed by atoms with Crippen LogP contribution >= 0.6 is 0 Å². The van der Waals surface area contributed by atoms with Gasteiger partial charge in [-0.05, 0) is 36.8 Å². The molecule has 2 fully saturated rings. The molecule has 0 radical (unpaired) electrons. The van der Waals surface area contributed by atoms with E-state index in [4.69, 9.17) is 9.47 Å². The number of carbonyl (C=O) groups excluding carboxylic acids is 2. The van der Waals surface area contributed by atoms with E-state index in [1.807, 2.05) is 13.0 Å². The lowest BCUT2D eigenvalue weighted by Gasteiger charge is -2.57. The summed E-state index contributed by atoms with van der Waals surface area (Å²) < 4.78 is 11.8. The van der Waals surface area contributed by atoms with Gasteiger partial charge in [-0.15, -0.1) is 0 Å². The van der Waals surface area contributed by atoms with E-state index in [-0.39, 0.29) is 23.1 Å². The van der Waals surface area contributed by atoms with Gasteiger partial charge in [0, 0.05) is 31.0 Å². The van der Waals surface area contributed by atoms with E-state index >= 15 is 0 Å². The molecule has 2 aliphatic carbocycles. The second-order valence-electron chi connectivity index (χ2n) is 7.74. The quantitative estimate of drug-likeness (QED) is 0.828. The number of hydrogen-bond donors (Lipinski definition) is 0. The zero-order chi connectivity index (χ0) is 17.3. The molecule has 1 saturated heterocycles. The van der Waals surface area contributed by atoms with Crippen molar-refractivity contribution >= 4 is 11.7 Å². The molecule has 2 heterocycles. The Morgan fingerprint density at radius 1 is 1.44 bits per heavy atom. The molecule has 5 rings (SSSR count). The number of carbonyl (C=O) groups is 2. The van der Waals surface area contributed by atoms with Crippen molar-refractivity contribution in [3.63, 3.8) is 0 Å². The van der Waals surface area contributed by atoms with Crippen LogP contribution in [0.1, 0.15) is 43.7 Å². The van der Waals surface area contributed by atoms with Crippen LogP contribution in [0.5, 0.6) is 11.5 Å². The van der Waals surface area contributed by atoms with E-state index in [0.717, 1.165) is 37.3 Å². The normalized spacial score (nSPS) is 34.4. The fourth-order valence-electron chi connectivity index (χ4n) is 5.99. The number of ketones is 1. The summed E-state index contributed by atoms with van der Waals surface area (Å²) in [5, 5.41) is 0. The van der Waals surface area contributed by atoms with Gasteiger partial charge in [0.05, 0.1) is 12.5 Å². The van der Waals surface area contributed by atoms with Gasteiger partial charge in [-0.3, -0.25) is 9.59 Å². The first-order chi connectivity index (χ1) is 12.1. The first kappa shape index (κ1) is 15.2. The van der Waals surface area contributed by atoms with Crippen LogP contribution in [0.2, 0.25) is 0 Å². The Morgan fingerprint density at radius 3 is 3.04 bits per heavy atom. The molecule has 4 aliphatic rings. The molecule has 2 aliphatic heterocycles. The summed E-state index contributed by atoms with van der Waals surface area (Å²) in [6, 6.07) is 4.23. The fraction of sp³-hybridized carbons (Fsp3) is 0.600. The van der Waals surface area contributed by atoms with Crippen LogP contribution in [0.15, 0.2) is 12.1 Å². The molecule has 3 unspecified atom stereocenters. The summed E-state index contributed by atoms with van der Waals surface area (Å²) in [6.45, 7) is 2.65. The summed E-state index contributed by atoms with van der Waals surface area (Å²) in [7, 11) is 1.65. The number of piperidine rings is 1. The van der Waals surface area contributed by atoms with Crippen molar-refractivity contribution in [3.05, 3.63) is 23.3 Å². The lowest BCUT2D eigenvalue weighted by atomic mass is 9.51. The van der Waals surface area contributed by atoms with Crippen LogP contribution in [0.4, 0.5) is 0 Å². The van der Waals surface area contributed by atoms with E-state index in [2.05, 4.69) is 11.0 Å². The van der Waals surface area contributed by atoms with Crippen molar-refractivity contribution in [2.75, 3.05) is 13.7 Å². The summed E-state index contributed by atoms with van der Waals surface area (Å²) >= 11 is 0. The minimum atomic E-state index is -0.405. The number of Topliss-reactive ketones (excluding diaryl/α,β-unsaturated/α-hetero) is 1. The van der Waals surface area contributed by atoms with Gasteiger partial charge in [-0.2, -0.15) is 0 Å². The minimum absolute atomic E-state index is 0.187. The Kier molecular flexibility index (Phi) is 3.04. The first-order valence-electron chi connectivity index (χ1n) is 9.31. The van der Waals surface area contributed by atoms with Crippen LogP contribution in [0, 0.1) is 5.92 Å². The Morgan fingerprint density at radius 2 is 2.28 bits per heavy atom. The summed E-state index contributed by atoms with van der Waals surface area (Å²) in [5.74, 6) is 2.24. The monoisotopic (exact) mass is 341 g/mol. The molecule has 1 aromatic rings. The van der Waals surface area contributed by atoms with Crippen LogP contribution in [0.25, 0.3) is 0 Å². The molecule has 25 heavy (non-hydrogen) atoms. The topological polar surface area (TPSA) is 55.8 Å². The zero-order valence-electron chi connectivity index (χ0n) is 14.7. The lowest BCUT2D eigenvalue weighted by Crippen LogP contribution is -2.66. The molecule has 132 valence electrons. The number of benzene rings is 1. The number of nitrogens with zero attached hydrogens (tertiary/aromatic N) is 1. The SMILES string of the molecule is CCC(=O)N1CCC23c4c5ccc(OC)c4O[C@H]2C(=O)CCC3C1C5. The van der Waals surface area contributed by atoms with Gasteiger partial charge in [-0.1, -0.05) is 13.0 Å². The van der Waals surface area contributed by atoms with Crippen molar-refractivity contribution in [3.8, 4) is 11.5 Å². The smallest absolute Gasteiger partial charge is 0.222 e. The van der Waals surface area contributed by atoms with Gasteiger partial charge in [0.1, 0.15) is 0 Å². The van der Waals surface area contributed by atoms with Crippen molar-refractivity contribution in [2.24, 2.45) is 5.92 Å². The highest BCUT2D eigenvalue weighted by molar-refractivity contribution is 5.89. The third kappa shape index (κ3) is 1.69. The molecular weight excluding hydrogens is 318 g/mol. The van der Waals surface area contributed by atoms with Crippen molar-refractivity contribution < 1.29 is 19.1 Å². The largest absolute Gasteiger partial charge is 0.493 e. The van der Waals surface area contributed by atoms with Crippen LogP contribution < -0.4 is 9.47 Å². The molecule has 1 saturated carbocycles. The Bertz CT molecular complexity index is 788. The molecule has 1 amide bonds. The van der Waals surface area contributed by atoms with Crippen molar-refractivity contribution in [2.45, 2.75) is 56.6 Å². The van der Waals surface area contributed by atoms with Gasteiger partial charge >= 0.3 is 0 Å². The van der Waals surface area contributed by atoms with Gasteiger partial charge in [-0.25, -0.2) is 0 Å². The van der Waals surface area contributed by atoms with E-state index in [1.165, 1.54) is 11.1 Å². The lowest BCUT2D eigenvalue weighted by molar-refractivity contribution is -0.147. The third-order valence-electron chi connectivity index (χ3n) is 6.94. The Hall–Kier alpha value is -2.04. The summed E-state index contributed by atoms with van der Waals surface area (Å²) in [5.41, 5.74) is 2.17. The molecule has 5 heteroatoms. The standard InChI is InChI=1S/C20H23NO4/c1-3-16(23)21-9-8-20-12-5-6-14(22)19(20)25-18-15(24-2)7-4-11(17(18)20)10-13(12)21/h4,7,12-13,19H,3,5-6,8-10H2,1-2H3/t12?,13?,19-,20?/m0/s1. The van der Waals surface area contributed by atoms with Gasteiger partial charge in [0.2, 0.25) is 5.91 Å². The van der Waals surface area contributed by atoms with E-state index in [1.54, 1.807) is 7.11 Å². The highest BCUT2D eigenvalue weighted by Gasteiger charge is 2.66. The van der Waals surface area contributed by atoms with Crippen LogP contribution in [-0.2, 0) is 21.4 Å². The molecule has 0 aromatic heterocycles.